The lowest BCUT2D eigenvalue weighted by molar-refractivity contribution is 0.0318. The third-order valence-electron chi connectivity index (χ3n) is 5.37. The molecule has 0 radical (unpaired) electrons. The molecule has 1 aliphatic carbocycles. The highest BCUT2D eigenvalue weighted by atomic mass is 16.5. The largest absolute Gasteiger partial charge is 0.489 e. The number of ether oxygens (including phenoxy) is 2. The smallest absolute Gasteiger partial charge is 0.338 e. The molecule has 0 spiro atoms. The Kier molecular flexibility index (Phi) is 5.94. The van der Waals surface area contributed by atoms with Crippen molar-refractivity contribution in [3.05, 3.63) is 101 Å². The van der Waals surface area contributed by atoms with Gasteiger partial charge in [-0.15, -0.1) is 0 Å². The average Bonchev–Trinajstić information content (AvgIpc) is 3.26. The third-order valence-corrected chi connectivity index (χ3v) is 5.37. The van der Waals surface area contributed by atoms with Crippen LogP contribution in [0.4, 0.5) is 0 Å². The number of esters is 1. The van der Waals surface area contributed by atoms with Crippen molar-refractivity contribution in [1.82, 2.24) is 0 Å². The molecule has 0 saturated heterocycles. The summed E-state index contributed by atoms with van der Waals surface area (Å²) in [5.74, 6) is -0.0369. The predicted molar refractivity (Wildman–Crippen MR) is 115 cm³/mol. The van der Waals surface area contributed by atoms with E-state index in [1.165, 1.54) is 11.1 Å². The van der Waals surface area contributed by atoms with Gasteiger partial charge < -0.3 is 9.47 Å². The Hall–Kier alpha value is -3.40. The Labute approximate surface area is 176 Å². The van der Waals surface area contributed by atoms with E-state index in [-0.39, 0.29) is 5.78 Å². The summed E-state index contributed by atoms with van der Waals surface area (Å²) in [5.41, 5.74) is 4.59. The van der Waals surface area contributed by atoms with E-state index < -0.39 is 12.1 Å². The van der Waals surface area contributed by atoms with Gasteiger partial charge in [-0.1, -0.05) is 42.5 Å². The van der Waals surface area contributed by atoms with Gasteiger partial charge in [0.2, 0.25) is 5.78 Å². The number of carbonyl (C=O) groups is 2. The predicted octanol–water partition coefficient (Wildman–Crippen LogP) is 5.18. The van der Waals surface area contributed by atoms with Crippen LogP contribution in [0.5, 0.6) is 5.75 Å². The molecule has 3 aromatic rings. The summed E-state index contributed by atoms with van der Waals surface area (Å²) >= 11 is 0. The van der Waals surface area contributed by atoms with Gasteiger partial charge in [-0.25, -0.2) is 4.79 Å². The lowest BCUT2D eigenvalue weighted by Crippen LogP contribution is -2.24. The quantitative estimate of drug-likeness (QED) is 0.405. The van der Waals surface area contributed by atoms with Crippen LogP contribution in [-0.4, -0.2) is 17.9 Å². The molecule has 0 fully saturated rings. The second-order valence-electron chi connectivity index (χ2n) is 7.55. The molecule has 0 aliphatic heterocycles. The molecule has 4 heteroatoms. The monoisotopic (exact) mass is 400 g/mol. The molecule has 4 nitrogen and oxygen atoms in total. The molecule has 4 rings (SSSR count). The highest BCUT2D eigenvalue weighted by Gasteiger charge is 2.22. The van der Waals surface area contributed by atoms with Crippen molar-refractivity contribution in [2.45, 2.75) is 38.9 Å². The van der Waals surface area contributed by atoms with E-state index in [0.29, 0.717) is 23.5 Å². The summed E-state index contributed by atoms with van der Waals surface area (Å²) in [6.45, 7) is 2.07. The van der Waals surface area contributed by atoms with Gasteiger partial charge in [-0.2, -0.15) is 0 Å². The van der Waals surface area contributed by atoms with E-state index in [0.717, 1.165) is 24.8 Å². The molecule has 0 saturated carbocycles. The molecule has 0 aromatic heterocycles. The molecular weight excluding hydrogens is 376 g/mol. The molecule has 0 heterocycles. The van der Waals surface area contributed by atoms with Crippen LogP contribution in [0.25, 0.3) is 0 Å². The van der Waals surface area contributed by atoms with Crippen molar-refractivity contribution in [2.24, 2.45) is 0 Å². The number of carbonyl (C=O) groups excluding carboxylic acids is 2. The van der Waals surface area contributed by atoms with Crippen LogP contribution in [0.2, 0.25) is 0 Å². The molecule has 0 bridgehead atoms. The van der Waals surface area contributed by atoms with Gasteiger partial charge in [0.25, 0.3) is 0 Å². The maximum Gasteiger partial charge on any atom is 0.338 e. The zero-order valence-electron chi connectivity index (χ0n) is 17.0. The number of hydrogen-bond acceptors (Lipinski definition) is 4. The molecule has 3 aromatic carbocycles. The standard InChI is InChI=1S/C26H24O4/c1-18(25(27)23-11-10-20-8-5-9-22(20)16-23)30-26(28)21-12-14-24(15-13-21)29-17-19-6-3-2-4-7-19/h2-4,6-7,10-16,18H,5,8-9,17H2,1H3/t18-/m1/s1. The van der Waals surface area contributed by atoms with Crippen LogP contribution >= 0.6 is 0 Å². The summed E-state index contributed by atoms with van der Waals surface area (Å²) in [4.78, 5) is 25.1. The van der Waals surface area contributed by atoms with Crippen molar-refractivity contribution in [2.75, 3.05) is 0 Å². The average molecular weight is 400 g/mol. The molecule has 0 unspecified atom stereocenters. The van der Waals surface area contributed by atoms with Crippen molar-refractivity contribution >= 4 is 11.8 Å². The Balaban J connectivity index is 1.34. The summed E-state index contributed by atoms with van der Waals surface area (Å²) in [7, 11) is 0. The van der Waals surface area contributed by atoms with Crippen LogP contribution in [0.1, 0.15) is 50.8 Å². The van der Waals surface area contributed by atoms with Crippen LogP contribution < -0.4 is 4.74 Å². The first-order valence-electron chi connectivity index (χ1n) is 10.2. The van der Waals surface area contributed by atoms with E-state index in [9.17, 15) is 9.59 Å². The maximum atomic E-state index is 12.7. The number of benzene rings is 3. The van der Waals surface area contributed by atoms with Crippen LogP contribution in [0.3, 0.4) is 0 Å². The molecular formula is C26H24O4. The third kappa shape index (κ3) is 4.60. The Morgan fingerprint density at radius 1 is 0.867 bits per heavy atom. The fraction of sp³-hybridized carbons (Fsp3) is 0.231. The van der Waals surface area contributed by atoms with Crippen molar-refractivity contribution in [3.63, 3.8) is 0 Å². The van der Waals surface area contributed by atoms with Gasteiger partial charge in [0.1, 0.15) is 12.4 Å². The molecule has 0 amide bonds. The van der Waals surface area contributed by atoms with Crippen molar-refractivity contribution < 1.29 is 19.1 Å². The number of hydrogen-bond donors (Lipinski definition) is 0. The first-order chi connectivity index (χ1) is 14.6. The summed E-state index contributed by atoms with van der Waals surface area (Å²) < 4.78 is 11.1. The highest BCUT2D eigenvalue weighted by Crippen LogP contribution is 2.24. The van der Waals surface area contributed by atoms with Gasteiger partial charge in [-0.05, 0) is 73.2 Å². The van der Waals surface area contributed by atoms with Gasteiger partial charge in [0.05, 0.1) is 5.56 Å². The summed E-state index contributed by atoms with van der Waals surface area (Å²) in [5, 5.41) is 0. The van der Waals surface area contributed by atoms with Gasteiger partial charge >= 0.3 is 5.97 Å². The van der Waals surface area contributed by atoms with E-state index in [1.807, 2.05) is 48.5 Å². The molecule has 0 N–H and O–H groups in total. The normalized spacial score (nSPS) is 13.4. The van der Waals surface area contributed by atoms with Crippen LogP contribution in [0.15, 0.2) is 72.8 Å². The highest BCUT2D eigenvalue weighted by molar-refractivity contribution is 6.01. The topological polar surface area (TPSA) is 52.6 Å². The van der Waals surface area contributed by atoms with Gasteiger partial charge in [-0.3, -0.25) is 4.79 Å². The summed E-state index contributed by atoms with van der Waals surface area (Å²) in [6, 6.07) is 22.4. The van der Waals surface area contributed by atoms with E-state index in [2.05, 4.69) is 0 Å². The molecule has 1 atom stereocenters. The van der Waals surface area contributed by atoms with Crippen LogP contribution in [-0.2, 0) is 24.2 Å². The number of fused-ring (bicyclic) bond motifs is 1. The van der Waals surface area contributed by atoms with Crippen molar-refractivity contribution in [3.8, 4) is 5.75 Å². The number of rotatable bonds is 7. The fourth-order valence-corrected chi connectivity index (χ4v) is 3.67. The van der Waals surface area contributed by atoms with E-state index >= 15 is 0 Å². The summed E-state index contributed by atoms with van der Waals surface area (Å²) in [6.07, 6.45) is 2.36. The number of aryl methyl sites for hydroxylation is 2. The van der Waals surface area contributed by atoms with E-state index in [4.69, 9.17) is 9.47 Å². The SMILES string of the molecule is C[C@@H](OC(=O)c1ccc(OCc2ccccc2)cc1)C(=O)c1ccc2c(c1)CCC2. The van der Waals surface area contributed by atoms with Gasteiger partial charge in [0, 0.05) is 5.56 Å². The second kappa shape index (κ2) is 8.95. The molecule has 30 heavy (non-hydrogen) atoms. The van der Waals surface area contributed by atoms with Crippen LogP contribution in [0, 0.1) is 0 Å². The number of Topliss-reactive ketones (excluding diaryl/α,β-unsaturated/α-hetero) is 1. The van der Waals surface area contributed by atoms with Gasteiger partial charge in [0.15, 0.2) is 6.10 Å². The fourth-order valence-electron chi connectivity index (χ4n) is 3.67. The molecule has 1 aliphatic rings. The minimum Gasteiger partial charge on any atom is -0.489 e. The maximum absolute atomic E-state index is 12.7. The first kappa shape index (κ1) is 19.9. The zero-order valence-corrected chi connectivity index (χ0v) is 17.0. The zero-order chi connectivity index (χ0) is 20.9. The Morgan fingerprint density at radius 3 is 2.33 bits per heavy atom. The minimum atomic E-state index is -0.842. The first-order valence-corrected chi connectivity index (χ1v) is 10.2. The lowest BCUT2D eigenvalue weighted by atomic mass is 10.0. The molecule has 152 valence electrons. The minimum absolute atomic E-state index is 0.180. The number of ketones is 1. The van der Waals surface area contributed by atoms with Crippen molar-refractivity contribution in [1.29, 1.82) is 0 Å². The Morgan fingerprint density at radius 2 is 1.57 bits per heavy atom. The Bertz CT molecular complexity index is 1040. The lowest BCUT2D eigenvalue weighted by Gasteiger charge is -2.13. The van der Waals surface area contributed by atoms with E-state index in [1.54, 1.807) is 31.2 Å². The second-order valence-corrected chi connectivity index (χ2v) is 7.55.